The number of nitrogens with one attached hydrogen (secondary N) is 1. The number of ketones is 1. The molecule has 0 aromatic rings. The largest absolute Gasteiger partial charge is 0.385 e. The molecule has 3 fully saturated rings. The topological polar surface area (TPSA) is 95.9 Å². The van der Waals surface area contributed by atoms with Crippen LogP contribution >= 0.6 is 0 Å². The molecule has 1 amide bonds. The Kier molecular flexibility index (Phi) is 3.44. The van der Waals surface area contributed by atoms with Gasteiger partial charge in [0.1, 0.15) is 0 Å². The smallest absolute Gasteiger partial charge is 0.249 e. The zero-order valence-electron chi connectivity index (χ0n) is 12.8. The Morgan fingerprint density at radius 2 is 2.22 bits per heavy atom. The summed E-state index contributed by atoms with van der Waals surface area (Å²) in [7, 11) is 0. The molecule has 0 aromatic heterocycles. The van der Waals surface area contributed by atoms with E-state index in [1.54, 1.807) is 0 Å². The molecule has 0 spiro atoms. The minimum atomic E-state index is -1.57. The summed E-state index contributed by atoms with van der Waals surface area (Å²) in [6.07, 6.45) is 6.32. The highest BCUT2D eigenvalue weighted by atomic mass is 16.7. The molecule has 6 nitrogen and oxygen atoms in total. The van der Waals surface area contributed by atoms with Crippen LogP contribution in [-0.2, 0) is 14.3 Å². The van der Waals surface area contributed by atoms with Gasteiger partial charge in [-0.25, -0.2) is 0 Å². The van der Waals surface area contributed by atoms with Gasteiger partial charge in [0.25, 0.3) is 0 Å². The van der Waals surface area contributed by atoms with E-state index in [1.165, 1.54) is 18.2 Å². The third-order valence-electron chi connectivity index (χ3n) is 5.63. The molecule has 6 heteroatoms. The molecule has 124 valence electrons. The average Bonchev–Trinajstić information content (AvgIpc) is 2.43. The van der Waals surface area contributed by atoms with Crippen molar-refractivity contribution in [1.82, 2.24) is 5.32 Å². The fourth-order valence-corrected chi connectivity index (χ4v) is 4.46. The maximum Gasteiger partial charge on any atom is 0.249 e. The van der Waals surface area contributed by atoms with Crippen LogP contribution in [-0.4, -0.2) is 40.0 Å². The van der Waals surface area contributed by atoms with Crippen molar-refractivity contribution in [3.05, 3.63) is 23.8 Å². The molecule has 3 aliphatic carbocycles. The molecule has 3 N–H and O–H groups in total. The maximum absolute atomic E-state index is 12.1. The number of hydrogen-bond donors (Lipinski definition) is 3. The Hall–Kier alpha value is -1.50. The summed E-state index contributed by atoms with van der Waals surface area (Å²) in [5, 5.41) is 22.6. The molecule has 4 rings (SSSR count). The van der Waals surface area contributed by atoms with Crippen LogP contribution in [0.3, 0.4) is 0 Å². The van der Waals surface area contributed by atoms with E-state index in [2.05, 4.69) is 5.32 Å². The maximum atomic E-state index is 12.1. The van der Waals surface area contributed by atoms with E-state index in [9.17, 15) is 19.8 Å². The van der Waals surface area contributed by atoms with Crippen LogP contribution in [0.1, 0.15) is 32.1 Å². The van der Waals surface area contributed by atoms with Gasteiger partial charge in [-0.05, 0) is 60.8 Å². The summed E-state index contributed by atoms with van der Waals surface area (Å²) in [6, 6.07) is 0. The molecular formula is C17H21NO5. The summed E-state index contributed by atoms with van der Waals surface area (Å²) in [4.78, 5) is 23.8. The van der Waals surface area contributed by atoms with Crippen molar-refractivity contribution in [2.45, 2.75) is 50.2 Å². The summed E-state index contributed by atoms with van der Waals surface area (Å²) in [5.41, 5.74) is 0.424. The number of ether oxygens (including phenoxy) is 1. The number of rotatable bonds is 4. The number of aliphatic hydroxyl groups excluding tert-OH is 1. The molecule has 0 radical (unpaired) electrons. The lowest BCUT2D eigenvalue weighted by atomic mass is 9.49. The van der Waals surface area contributed by atoms with Gasteiger partial charge < -0.3 is 20.3 Å². The molecule has 0 bridgehead atoms. The minimum absolute atomic E-state index is 0.0701. The number of aliphatic hydroxyl groups is 2. The lowest BCUT2D eigenvalue weighted by Crippen LogP contribution is -2.68. The third-order valence-corrected chi connectivity index (χ3v) is 5.63. The molecule has 6 atom stereocenters. The quantitative estimate of drug-likeness (QED) is 0.652. The molecule has 1 heterocycles. The van der Waals surface area contributed by atoms with Crippen LogP contribution in [0, 0.1) is 17.8 Å². The highest BCUT2D eigenvalue weighted by Gasteiger charge is 2.61. The van der Waals surface area contributed by atoms with Gasteiger partial charge in [-0.15, -0.1) is 0 Å². The minimum Gasteiger partial charge on any atom is -0.385 e. The zero-order chi connectivity index (χ0) is 16.2. The summed E-state index contributed by atoms with van der Waals surface area (Å²) in [5.74, 6) is -0.328. The van der Waals surface area contributed by atoms with Crippen molar-refractivity contribution < 1.29 is 24.5 Å². The lowest BCUT2D eigenvalue weighted by Gasteiger charge is -2.63. The molecule has 6 unspecified atom stereocenters. The fourth-order valence-electron chi connectivity index (χ4n) is 4.46. The molecular weight excluding hydrogens is 298 g/mol. The van der Waals surface area contributed by atoms with Gasteiger partial charge in [-0.1, -0.05) is 0 Å². The first-order valence-electron chi connectivity index (χ1n) is 8.26. The van der Waals surface area contributed by atoms with E-state index in [-0.39, 0.29) is 30.6 Å². The van der Waals surface area contributed by atoms with Crippen molar-refractivity contribution in [3.8, 4) is 0 Å². The summed E-state index contributed by atoms with van der Waals surface area (Å²) in [6.45, 7) is 0. The monoisotopic (exact) mass is 319 g/mol. The zero-order valence-corrected chi connectivity index (χ0v) is 12.8. The van der Waals surface area contributed by atoms with E-state index in [0.29, 0.717) is 23.8 Å². The van der Waals surface area contributed by atoms with Crippen molar-refractivity contribution in [2.75, 3.05) is 0 Å². The fraction of sp³-hybridized carbons (Fsp3) is 0.647. The number of amides is 1. The highest BCUT2D eigenvalue weighted by Crippen LogP contribution is 2.61. The average molecular weight is 319 g/mol. The predicted octanol–water partition coefficient (Wildman–Crippen LogP) is 0.400. The number of carbonyl (C=O) groups excluding carboxylic acids is 2. The first-order valence-corrected chi connectivity index (χ1v) is 8.26. The van der Waals surface area contributed by atoms with Gasteiger partial charge in [-0.3, -0.25) is 9.59 Å². The normalized spacial score (nSPS) is 43.8. The second-order valence-corrected chi connectivity index (χ2v) is 7.17. The van der Waals surface area contributed by atoms with Crippen molar-refractivity contribution in [1.29, 1.82) is 0 Å². The number of carbonyl (C=O) groups is 2. The number of allylic oxidation sites excluding steroid dienone is 2. The Balaban J connectivity index is 1.31. The van der Waals surface area contributed by atoms with Gasteiger partial charge in [0.2, 0.25) is 11.8 Å². The third kappa shape index (κ3) is 2.65. The lowest BCUT2D eigenvalue weighted by molar-refractivity contribution is -0.353. The van der Waals surface area contributed by atoms with Crippen LogP contribution in [0.25, 0.3) is 0 Å². The van der Waals surface area contributed by atoms with Crippen LogP contribution in [0.15, 0.2) is 23.8 Å². The SMILES string of the molecule is O=C(CCC1=CC(O)C=CC1=O)NC1(O)CC2CC3CC(O1)C32. The molecule has 1 saturated heterocycles. The van der Waals surface area contributed by atoms with E-state index in [4.69, 9.17) is 4.74 Å². The van der Waals surface area contributed by atoms with Crippen molar-refractivity contribution in [3.63, 3.8) is 0 Å². The predicted molar refractivity (Wildman–Crippen MR) is 79.8 cm³/mol. The molecule has 1 aliphatic heterocycles. The van der Waals surface area contributed by atoms with E-state index < -0.39 is 12.0 Å². The van der Waals surface area contributed by atoms with Crippen LogP contribution in [0.4, 0.5) is 0 Å². The Morgan fingerprint density at radius 3 is 2.96 bits per heavy atom. The standard InChI is InChI=1S/C17H21NO5/c19-12-2-3-13(20)9(6-12)1-4-15(21)18-17(22)8-11-5-10-7-14(23-17)16(10)11/h2-3,6,10-12,14,16,19,22H,1,4-5,7-8H2,(H,18,21). The van der Waals surface area contributed by atoms with Crippen molar-refractivity contribution in [2.24, 2.45) is 17.8 Å². The number of hydrogen-bond acceptors (Lipinski definition) is 5. The van der Waals surface area contributed by atoms with E-state index >= 15 is 0 Å². The second kappa shape index (κ2) is 5.26. The molecule has 23 heavy (non-hydrogen) atoms. The van der Waals surface area contributed by atoms with Crippen LogP contribution in [0.5, 0.6) is 0 Å². The van der Waals surface area contributed by atoms with Gasteiger partial charge in [0.15, 0.2) is 5.78 Å². The van der Waals surface area contributed by atoms with Crippen LogP contribution in [0.2, 0.25) is 0 Å². The summed E-state index contributed by atoms with van der Waals surface area (Å²) < 4.78 is 5.67. The second-order valence-electron chi connectivity index (χ2n) is 7.17. The first-order chi connectivity index (χ1) is 10.9. The van der Waals surface area contributed by atoms with Crippen LogP contribution < -0.4 is 5.32 Å². The Morgan fingerprint density at radius 1 is 1.39 bits per heavy atom. The Labute approximate surface area is 134 Å². The summed E-state index contributed by atoms with van der Waals surface area (Å²) >= 11 is 0. The highest BCUT2D eigenvalue weighted by molar-refractivity contribution is 6.05. The molecule has 4 aliphatic rings. The first kappa shape index (κ1) is 15.1. The van der Waals surface area contributed by atoms with Gasteiger partial charge in [-0.2, -0.15) is 0 Å². The van der Waals surface area contributed by atoms with Gasteiger partial charge in [0.05, 0.1) is 12.2 Å². The molecule has 0 aromatic carbocycles. The molecule has 2 saturated carbocycles. The van der Waals surface area contributed by atoms with E-state index in [0.717, 1.165) is 18.8 Å². The Bertz CT molecular complexity index is 594. The van der Waals surface area contributed by atoms with E-state index in [1.807, 2.05) is 0 Å². The van der Waals surface area contributed by atoms with Gasteiger partial charge in [0, 0.05) is 12.8 Å². The van der Waals surface area contributed by atoms with Crippen molar-refractivity contribution >= 4 is 11.7 Å². The van der Waals surface area contributed by atoms with Gasteiger partial charge >= 0.3 is 0 Å².